The van der Waals surface area contributed by atoms with Gasteiger partial charge in [0.05, 0.1) is 18.8 Å². The maximum absolute atomic E-state index is 13.2. The molecular weight excluding hydrogens is 380 g/mol. The van der Waals surface area contributed by atoms with Crippen molar-refractivity contribution in [3.8, 4) is 11.4 Å². The van der Waals surface area contributed by atoms with Crippen LogP contribution in [0.2, 0.25) is 0 Å². The van der Waals surface area contributed by atoms with Crippen LogP contribution < -0.4 is 0 Å². The van der Waals surface area contributed by atoms with Crippen LogP contribution in [-0.2, 0) is 11.3 Å². The molecule has 1 aliphatic heterocycles. The van der Waals surface area contributed by atoms with Gasteiger partial charge in [0, 0.05) is 48.8 Å². The van der Waals surface area contributed by atoms with Gasteiger partial charge in [-0.1, -0.05) is 53.7 Å². The van der Waals surface area contributed by atoms with E-state index >= 15 is 0 Å². The highest BCUT2D eigenvalue weighted by atomic mass is 16.5. The third-order valence-electron chi connectivity index (χ3n) is 5.45. The van der Waals surface area contributed by atoms with Crippen LogP contribution in [0.4, 0.5) is 0 Å². The highest BCUT2D eigenvalue weighted by Crippen LogP contribution is 2.24. The summed E-state index contributed by atoms with van der Waals surface area (Å²) in [5.41, 5.74) is 2.42. The molecule has 2 aromatic heterocycles. The maximum atomic E-state index is 13.2. The van der Waals surface area contributed by atoms with Crippen LogP contribution in [0.3, 0.4) is 0 Å². The molecule has 0 bridgehead atoms. The van der Waals surface area contributed by atoms with Gasteiger partial charge in [0.25, 0.3) is 11.7 Å². The third-order valence-corrected chi connectivity index (χ3v) is 5.45. The molecule has 0 amide bonds. The molecule has 2 aromatic carbocycles. The number of rotatable bonds is 6. The monoisotopic (exact) mass is 402 g/mol. The fourth-order valence-corrected chi connectivity index (χ4v) is 3.82. The lowest BCUT2D eigenvalue weighted by Gasteiger charge is -2.26. The van der Waals surface area contributed by atoms with E-state index in [4.69, 9.17) is 9.26 Å². The Balaban J connectivity index is 1.42. The molecule has 0 N–H and O–H groups in total. The van der Waals surface area contributed by atoms with E-state index in [1.54, 1.807) is 0 Å². The molecule has 1 aliphatic rings. The summed E-state index contributed by atoms with van der Waals surface area (Å²) in [5.74, 6) is 0.158. The van der Waals surface area contributed by atoms with Gasteiger partial charge in [-0.25, -0.2) is 0 Å². The van der Waals surface area contributed by atoms with E-state index < -0.39 is 0 Å². The number of hydrogen-bond donors (Lipinski definition) is 0. The summed E-state index contributed by atoms with van der Waals surface area (Å²) in [7, 11) is 0. The van der Waals surface area contributed by atoms with Gasteiger partial charge in [-0.2, -0.15) is 4.98 Å². The molecule has 0 spiro atoms. The SMILES string of the molecule is O=C(c1nc(-c2ccccc2)no1)c1cn(CCN2CCOCC2)c2ccccc12. The zero-order valence-corrected chi connectivity index (χ0v) is 16.5. The molecule has 0 atom stereocenters. The molecule has 0 unspecified atom stereocenters. The van der Waals surface area contributed by atoms with Gasteiger partial charge in [0.15, 0.2) is 0 Å². The largest absolute Gasteiger partial charge is 0.379 e. The Labute approximate surface area is 173 Å². The number of fused-ring (bicyclic) bond motifs is 1. The Bertz CT molecular complexity index is 1160. The van der Waals surface area contributed by atoms with Crippen molar-refractivity contribution in [2.45, 2.75) is 6.54 Å². The standard InChI is InChI=1S/C23H22N4O3/c28-21(23-24-22(25-30-23)17-6-2-1-3-7-17)19-16-27(20-9-5-4-8-18(19)20)11-10-26-12-14-29-15-13-26/h1-9,16H,10-15H2. The average molecular weight is 402 g/mol. The molecule has 0 aliphatic carbocycles. The molecule has 0 radical (unpaired) electrons. The summed E-state index contributed by atoms with van der Waals surface area (Å²) in [6.07, 6.45) is 1.90. The number of morpholine rings is 1. The van der Waals surface area contributed by atoms with Gasteiger partial charge in [-0.15, -0.1) is 0 Å². The van der Waals surface area contributed by atoms with Gasteiger partial charge in [-0.05, 0) is 6.07 Å². The smallest absolute Gasteiger partial charge is 0.299 e. The number of carbonyl (C=O) groups is 1. The molecule has 1 fully saturated rings. The number of para-hydroxylation sites is 1. The van der Waals surface area contributed by atoms with Gasteiger partial charge < -0.3 is 13.8 Å². The molecule has 7 heteroatoms. The van der Waals surface area contributed by atoms with E-state index in [0.717, 1.165) is 55.9 Å². The van der Waals surface area contributed by atoms with E-state index in [-0.39, 0.29) is 11.7 Å². The van der Waals surface area contributed by atoms with E-state index in [0.29, 0.717) is 11.4 Å². The van der Waals surface area contributed by atoms with Crippen molar-refractivity contribution in [1.29, 1.82) is 0 Å². The Morgan fingerprint density at radius 3 is 2.57 bits per heavy atom. The first-order chi connectivity index (χ1) is 14.8. The van der Waals surface area contributed by atoms with Gasteiger partial charge in [0.1, 0.15) is 0 Å². The molecule has 3 heterocycles. The predicted molar refractivity (Wildman–Crippen MR) is 112 cm³/mol. The Kier molecular flexibility index (Phi) is 5.13. The highest BCUT2D eigenvalue weighted by Gasteiger charge is 2.23. The third kappa shape index (κ3) is 3.65. The lowest BCUT2D eigenvalue weighted by molar-refractivity contribution is 0.0365. The van der Waals surface area contributed by atoms with E-state index in [9.17, 15) is 4.79 Å². The van der Waals surface area contributed by atoms with Gasteiger partial charge in [0.2, 0.25) is 5.82 Å². The van der Waals surface area contributed by atoms with Crippen LogP contribution in [0.25, 0.3) is 22.3 Å². The van der Waals surface area contributed by atoms with Crippen molar-refractivity contribution < 1.29 is 14.1 Å². The Morgan fingerprint density at radius 1 is 0.967 bits per heavy atom. The van der Waals surface area contributed by atoms with Crippen molar-refractivity contribution in [2.75, 3.05) is 32.8 Å². The second-order valence-electron chi connectivity index (χ2n) is 7.33. The second kappa shape index (κ2) is 8.22. The van der Waals surface area contributed by atoms with E-state index in [2.05, 4.69) is 19.6 Å². The van der Waals surface area contributed by atoms with Crippen molar-refractivity contribution in [1.82, 2.24) is 19.6 Å². The number of aromatic nitrogens is 3. The Hall–Kier alpha value is -3.29. The fourth-order valence-electron chi connectivity index (χ4n) is 3.82. The predicted octanol–water partition coefficient (Wildman–Crippen LogP) is 3.25. The number of ketones is 1. The van der Waals surface area contributed by atoms with Crippen molar-refractivity contribution in [2.24, 2.45) is 0 Å². The number of benzene rings is 2. The highest BCUT2D eigenvalue weighted by molar-refractivity contribution is 6.14. The molecule has 152 valence electrons. The van der Waals surface area contributed by atoms with E-state index in [1.165, 1.54) is 0 Å². The first-order valence-corrected chi connectivity index (χ1v) is 10.1. The summed E-state index contributed by atoms with van der Waals surface area (Å²) >= 11 is 0. The van der Waals surface area contributed by atoms with E-state index in [1.807, 2.05) is 60.8 Å². The first kappa shape index (κ1) is 18.7. The van der Waals surface area contributed by atoms with Crippen molar-refractivity contribution >= 4 is 16.7 Å². The zero-order valence-electron chi connectivity index (χ0n) is 16.5. The van der Waals surface area contributed by atoms with Crippen LogP contribution in [-0.4, -0.2) is 58.2 Å². The molecule has 5 rings (SSSR count). The minimum atomic E-state index is -0.258. The van der Waals surface area contributed by atoms with Crippen LogP contribution in [0.1, 0.15) is 16.2 Å². The van der Waals surface area contributed by atoms with Gasteiger partial charge in [-0.3, -0.25) is 9.69 Å². The number of ether oxygens (including phenoxy) is 1. The molecule has 4 aromatic rings. The quantitative estimate of drug-likeness (QED) is 0.461. The van der Waals surface area contributed by atoms with Crippen molar-refractivity contribution in [3.05, 3.63) is 72.2 Å². The summed E-state index contributed by atoms with van der Waals surface area (Å²) in [4.78, 5) is 19.9. The summed E-state index contributed by atoms with van der Waals surface area (Å²) in [5, 5.41) is 4.88. The minimum Gasteiger partial charge on any atom is -0.379 e. The summed E-state index contributed by atoms with van der Waals surface area (Å²) in [6, 6.07) is 17.4. The van der Waals surface area contributed by atoms with Crippen molar-refractivity contribution in [3.63, 3.8) is 0 Å². The molecular formula is C23H22N4O3. The fraction of sp³-hybridized carbons (Fsp3) is 0.261. The van der Waals surface area contributed by atoms with Crippen LogP contribution in [0.15, 0.2) is 65.3 Å². The number of hydrogen-bond acceptors (Lipinski definition) is 6. The normalized spacial score (nSPS) is 14.9. The number of carbonyl (C=O) groups excluding carboxylic acids is 1. The van der Waals surface area contributed by atoms with Crippen LogP contribution >= 0.6 is 0 Å². The molecule has 7 nitrogen and oxygen atoms in total. The van der Waals surface area contributed by atoms with Gasteiger partial charge >= 0.3 is 0 Å². The van der Waals surface area contributed by atoms with Crippen LogP contribution in [0.5, 0.6) is 0 Å². The molecule has 30 heavy (non-hydrogen) atoms. The molecule has 1 saturated heterocycles. The first-order valence-electron chi connectivity index (χ1n) is 10.1. The maximum Gasteiger partial charge on any atom is 0.299 e. The average Bonchev–Trinajstić information content (AvgIpc) is 3.44. The second-order valence-corrected chi connectivity index (χ2v) is 7.33. The summed E-state index contributed by atoms with van der Waals surface area (Å²) < 4.78 is 12.9. The zero-order chi connectivity index (χ0) is 20.3. The topological polar surface area (TPSA) is 73.4 Å². The minimum absolute atomic E-state index is 0.00457. The summed E-state index contributed by atoms with van der Waals surface area (Å²) in [6.45, 7) is 5.14. The van der Waals surface area contributed by atoms with Crippen LogP contribution in [0, 0.1) is 0 Å². The lowest BCUT2D eigenvalue weighted by Crippen LogP contribution is -2.38. The lowest BCUT2D eigenvalue weighted by atomic mass is 10.1. The number of nitrogens with zero attached hydrogens (tertiary/aromatic N) is 4. The Morgan fingerprint density at radius 2 is 1.73 bits per heavy atom. The molecule has 0 saturated carbocycles.